The second-order valence-corrected chi connectivity index (χ2v) is 7.66. The number of halogens is 1. The van der Waals surface area contributed by atoms with E-state index in [1.165, 1.54) is 20.4 Å². The molecule has 0 radical (unpaired) electrons. The predicted octanol–water partition coefficient (Wildman–Crippen LogP) is 1.18. The number of benzene rings is 2. The maximum Gasteiger partial charge on any atom is 0.283 e. The predicted molar refractivity (Wildman–Crippen MR) is 106 cm³/mol. The zero-order valence-corrected chi connectivity index (χ0v) is 18.4. The van der Waals surface area contributed by atoms with Gasteiger partial charge in [-0.05, 0) is 32.0 Å². The Kier molecular flexibility index (Phi) is 6.20. The first-order valence-corrected chi connectivity index (χ1v) is 10.0. The Morgan fingerprint density at radius 3 is 2.50 bits per heavy atom. The zero-order valence-electron chi connectivity index (χ0n) is 14.6. The smallest absolute Gasteiger partial charge is 0.283 e. The Morgan fingerprint density at radius 1 is 1.00 bits per heavy atom. The number of hydrogen-bond acceptors (Lipinski definition) is 4. The molecule has 0 saturated heterocycles. The van der Waals surface area contributed by atoms with Crippen molar-refractivity contribution in [1.82, 2.24) is 4.57 Å². The van der Waals surface area contributed by atoms with Crippen molar-refractivity contribution in [2.45, 2.75) is 26.9 Å². The molecule has 26 heavy (non-hydrogen) atoms. The van der Waals surface area contributed by atoms with Crippen LogP contribution in [0.2, 0.25) is 0 Å². The maximum atomic E-state index is 4.50. The van der Waals surface area contributed by atoms with E-state index in [-0.39, 0.29) is 24.0 Å². The zero-order chi connectivity index (χ0) is 17.2. The summed E-state index contributed by atoms with van der Waals surface area (Å²) in [5.41, 5.74) is 2.47. The average Bonchev–Trinajstić information content (AvgIpc) is 3.18. The van der Waals surface area contributed by atoms with Gasteiger partial charge in [-0.15, -0.1) is 10.2 Å². The highest BCUT2D eigenvalue weighted by molar-refractivity contribution is 7.19. The molecule has 0 amide bonds. The van der Waals surface area contributed by atoms with E-state index in [1.807, 2.05) is 6.21 Å². The molecule has 2 heterocycles. The summed E-state index contributed by atoms with van der Waals surface area (Å²) in [6.07, 6.45) is 1.87. The van der Waals surface area contributed by atoms with Crippen molar-refractivity contribution in [2.24, 2.45) is 10.2 Å². The van der Waals surface area contributed by atoms with Gasteiger partial charge >= 0.3 is 0 Å². The van der Waals surface area contributed by atoms with Crippen LogP contribution < -0.4 is 33.3 Å². The minimum atomic E-state index is 0. The molecular formula is C19H19IN4S2. The lowest BCUT2D eigenvalue weighted by atomic mass is 10.3. The molecule has 0 fully saturated rings. The molecule has 0 bridgehead atoms. The number of hydrogen-bond donors (Lipinski definition) is 0. The van der Waals surface area contributed by atoms with Gasteiger partial charge in [-0.25, -0.2) is 0 Å². The van der Waals surface area contributed by atoms with E-state index in [1.54, 1.807) is 22.7 Å². The van der Waals surface area contributed by atoms with Crippen LogP contribution in [0.1, 0.15) is 18.9 Å². The molecule has 0 N–H and O–H groups in total. The summed E-state index contributed by atoms with van der Waals surface area (Å²) in [7, 11) is 0. The standard InChI is InChI=1S/C19H19N4S2.HI/c1-3-22-14-9-5-7-11-16(14)24-18(22)13-20-21-19-23(4-2)15-10-6-8-12-17(15)25-19;/h5-13H,3-4H2,1-2H3;1H/q+1;/p-1. The van der Waals surface area contributed by atoms with Crippen molar-refractivity contribution in [3.8, 4) is 0 Å². The number of nitrogens with zero attached hydrogens (tertiary/aromatic N) is 4. The fraction of sp³-hybridized carbons (Fsp3) is 0.211. The van der Waals surface area contributed by atoms with Crippen molar-refractivity contribution >= 4 is 49.3 Å². The molecule has 0 aliphatic carbocycles. The van der Waals surface area contributed by atoms with Gasteiger partial charge < -0.3 is 28.5 Å². The van der Waals surface area contributed by atoms with Gasteiger partial charge in [0.1, 0.15) is 17.5 Å². The van der Waals surface area contributed by atoms with Crippen LogP contribution in [0.15, 0.2) is 58.7 Å². The van der Waals surface area contributed by atoms with Gasteiger partial charge in [-0.2, -0.15) is 4.57 Å². The van der Waals surface area contributed by atoms with E-state index in [0.717, 1.165) is 22.9 Å². The first-order valence-electron chi connectivity index (χ1n) is 8.38. The fourth-order valence-corrected chi connectivity index (χ4v) is 5.15. The maximum absolute atomic E-state index is 4.50. The molecule has 0 atom stereocenters. The summed E-state index contributed by atoms with van der Waals surface area (Å²) in [6, 6.07) is 16.8. The second kappa shape index (κ2) is 8.41. The molecule has 4 aromatic rings. The third kappa shape index (κ3) is 3.47. The van der Waals surface area contributed by atoms with Crippen LogP contribution in [0, 0.1) is 0 Å². The lowest BCUT2D eigenvalue weighted by Gasteiger charge is -1.97. The minimum absolute atomic E-state index is 0. The van der Waals surface area contributed by atoms with Crippen molar-refractivity contribution < 1.29 is 28.5 Å². The monoisotopic (exact) mass is 494 g/mol. The van der Waals surface area contributed by atoms with Gasteiger partial charge in [0.2, 0.25) is 10.3 Å². The average molecular weight is 494 g/mol. The van der Waals surface area contributed by atoms with E-state index < -0.39 is 0 Å². The summed E-state index contributed by atoms with van der Waals surface area (Å²) in [5.74, 6) is 0. The van der Waals surface area contributed by atoms with E-state index in [0.29, 0.717) is 0 Å². The van der Waals surface area contributed by atoms with Gasteiger partial charge in [0, 0.05) is 12.6 Å². The van der Waals surface area contributed by atoms with Gasteiger partial charge in [-0.3, -0.25) is 0 Å². The van der Waals surface area contributed by atoms with E-state index in [9.17, 15) is 0 Å². The number of rotatable bonds is 4. The first kappa shape index (κ1) is 19.2. The number of aromatic nitrogens is 2. The van der Waals surface area contributed by atoms with E-state index >= 15 is 0 Å². The Bertz CT molecular complexity index is 1140. The van der Waals surface area contributed by atoms with Crippen LogP contribution in [0.4, 0.5) is 0 Å². The third-order valence-electron chi connectivity index (χ3n) is 4.17. The SMILES string of the molecule is CCn1c(=NN=Cc2sc3ccccc3[n+]2CC)sc2ccccc21.[I-]. The molecule has 2 aromatic heterocycles. The molecule has 134 valence electrons. The van der Waals surface area contributed by atoms with Crippen molar-refractivity contribution in [1.29, 1.82) is 0 Å². The van der Waals surface area contributed by atoms with Gasteiger partial charge in [-0.1, -0.05) is 46.9 Å². The first-order chi connectivity index (χ1) is 12.3. The molecule has 4 nitrogen and oxygen atoms in total. The highest BCUT2D eigenvalue weighted by Gasteiger charge is 2.16. The lowest BCUT2D eigenvalue weighted by Crippen LogP contribution is -3.00. The molecule has 0 aliphatic heterocycles. The van der Waals surface area contributed by atoms with Crippen LogP contribution in [0.3, 0.4) is 0 Å². The largest absolute Gasteiger partial charge is 1.00 e. The van der Waals surface area contributed by atoms with Crippen molar-refractivity contribution in [3.05, 3.63) is 58.3 Å². The molecule has 7 heteroatoms. The van der Waals surface area contributed by atoms with Crippen LogP contribution in [-0.4, -0.2) is 10.8 Å². The van der Waals surface area contributed by atoms with Gasteiger partial charge in [0.25, 0.3) is 5.01 Å². The Labute approximate surface area is 177 Å². The number of aryl methyl sites for hydroxylation is 2. The molecular weight excluding hydrogens is 475 g/mol. The molecule has 2 aromatic carbocycles. The Hall–Kier alpha value is -1.58. The normalized spacial score (nSPS) is 12.3. The molecule has 4 rings (SSSR count). The molecule has 0 unspecified atom stereocenters. The Morgan fingerprint density at radius 2 is 1.73 bits per heavy atom. The number of fused-ring (bicyclic) bond motifs is 2. The van der Waals surface area contributed by atoms with Crippen LogP contribution >= 0.6 is 22.7 Å². The van der Waals surface area contributed by atoms with Crippen LogP contribution in [0.5, 0.6) is 0 Å². The summed E-state index contributed by atoms with van der Waals surface area (Å²) in [5, 5.41) is 10.0. The topological polar surface area (TPSA) is 33.5 Å². The quantitative estimate of drug-likeness (QED) is 0.177. The van der Waals surface area contributed by atoms with Crippen molar-refractivity contribution in [3.63, 3.8) is 0 Å². The Balaban J connectivity index is 0.00000196. The highest BCUT2D eigenvalue weighted by atomic mass is 127. The third-order valence-corrected chi connectivity index (χ3v) is 6.32. The summed E-state index contributed by atoms with van der Waals surface area (Å²) in [4.78, 5) is 0.934. The van der Waals surface area contributed by atoms with E-state index in [2.05, 4.69) is 81.7 Å². The summed E-state index contributed by atoms with van der Waals surface area (Å²) in [6.45, 7) is 6.10. The second-order valence-electron chi connectivity index (χ2n) is 5.59. The van der Waals surface area contributed by atoms with E-state index in [4.69, 9.17) is 0 Å². The summed E-state index contributed by atoms with van der Waals surface area (Å²) < 4.78 is 6.99. The fourth-order valence-electron chi connectivity index (χ4n) is 3.01. The highest BCUT2D eigenvalue weighted by Crippen LogP contribution is 2.19. The minimum Gasteiger partial charge on any atom is -1.00 e. The number of thiazole rings is 2. The molecule has 0 spiro atoms. The molecule has 0 aliphatic rings. The molecule has 0 saturated carbocycles. The van der Waals surface area contributed by atoms with Crippen molar-refractivity contribution in [2.75, 3.05) is 0 Å². The van der Waals surface area contributed by atoms with Crippen LogP contribution in [-0.2, 0) is 13.1 Å². The lowest BCUT2D eigenvalue weighted by molar-refractivity contribution is -0.664. The van der Waals surface area contributed by atoms with Gasteiger partial charge in [0.15, 0.2) is 0 Å². The summed E-state index contributed by atoms with van der Waals surface area (Å²) >= 11 is 3.43. The van der Waals surface area contributed by atoms with Crippen LogP contribution in [0.25, 0.3) is 20.4 Å². The number of para-hydroxylation sites is 2. The van der Waals surface area contributed by atoms with Gasteiger partial charge in [0.05, 0.1) is 10.2 Å².